The molecule has 0 saturated heterocycles. The minimum atomic E-state index is 1.16. The highest BCUT2D eigenvalue weighted by atomic mass is 19.2. The summed E-state index contributed by atoms with van der Waals surface area (Å²) in [5.41, 5.74) is 1.16. The van der Waals surface area contributed by atoms with Crippen molar-refractivity contribution in [1.82, 2.24) is 5.54 Å². The van der Waals surface area contributed by atoms with Gasteiger partial charge >= 0.3 is 0 Å². The highest BCUT2D eigenvalue weighted by Gasteiger charge is 1.45. The number of nitrogens with one attached hydrogen (secondary N) is 1. The van der Waals surface area contributed by atoms with Crippen LogP contribution in [-0.2, 0) is 0 Å². The Bertz CT molecular complexity index is 59.0. The van der Waals surface area contributed by atoms with E-state index in [0.717, 1.165) is 5.54 Å². The zero-order valence-electron chi connectivity index (χ0n) is 2.88. The monoisotopic (exact) mass is 73.0 g/mol. The molecule has 5 heavy (non-hydrogen) atoms. The van der Waals surface area contributed by atoms with Crippen LogP contribution in [0.15, 0.2) is 0 Å². The van der Waals surface area contributed by atoms with Gasteiger partial charge in [0.25, 0.3) is 0 Å². The summed E-state index contributed by atoms with van der Waals surface area (Å²) < 4.78 is 10.6. The van der Waals surface area contributed by atoms with E-state index in [0.29, 0.717) is 0 Å². The Labute approximate surface area is 30.1 Å². The van der Waals surface area contributed by atoms with Gasteiger partial charge in [-0.1, -0.05) is 10.4 Å². The van der Waals surface area contributed by atoms with Gasteiger partial charge in [0.2, 0.25) is 0 Å². The van der Waals surface area contributed by atoms with Crippen LogP contribution < -0.4 is 5.54 Å². The van der Waals surface area contributed by atoms with Crippen LogP contribution in [0.2, 0.25) is 0 Å². The molecule has 0 fully saturated rings. The van der Waals surface area contributed by atoms with E-state index in [1.165, 1.54) is 0 Å². The Morgan fingerprint density at radius 2 is 2.40 bits per heavy atom. The molecule has 0 bridgehead atoms. The second-order valence-corrected chi connectivity index (χ2v) is 0.469. The summed E-state index contributed by atoms with van der Waals surface area (Å²) >= 11 is 0. The topological polar surface area (TPSA) is 12.0 Å². The maximum Gasteiger partial charge on any atom is 0.0351 e. The molecular formula is C3H4FN. The average molecular weight is 73.1 g/mol. The molecule has 0 saturated carbocycles. The van der Waals surface area contributed by atoms with Gasteiger partial charge in [-0.05, 0) is 6.92 Å². The van der Waals surface area contributed by atoms with Crippen molar-refractivity contribution >= 4 is 0 Å². The minimum Gasteiger partial charge on any atom is -0.181 e. The van der Waals surface area contributed by atoms with E-state index in [1.807, 2.05) is 6.04 Å². The number of hydrogen-bond acceptors (Lipinski definition) is 1. The molecule has 28 valence electrons. The van der Waals surface area contributed by atoms with Crippen molar-refractivity contribution in [1.29, 1.82) is 0 Å². The first-order valence-corrected chi connectivity index (χ1v) is 1.19. The van der Waals surface area contributed by atoms with Gasteiger partial charge in [-0.25, -0.2) is 0 Å². The van der Waals surface area contributed by atoms with E-state index in [-0.39, 0.29) is 0 Å². The molecule has 0 heterocycles. The van der Waals surface area contributed by atoms with Gasteiger partial charge in [-0.2, -0.15) is 5.54 Å². The summed E-state index contributed by atoms with van der Waals surface area (Å²) in [5, 5.41) is 0. The normalized spacial score (nSPS) is 4.40. The fourth-order valence-electron chi connectivity index (χ4n) is 0.0472. The van der Waals surface area contributed by atoms with Crippen molar-refractivity contribution < 1.29 is 4.48 Å². The smallest absolute Gasteiger partial charge is 0.0351 e. The molecule has 0 aromatic carbocycles. The van der Waals surface area contributed by atoms with Crippen LogP contribution in [0.5, 0.6) is 0 Å². The summed E-state index contributed by atoms with van der Waals surface area (Å²) in [6.07, 6.45) is 0. The van der Waals surface area contributed by atoms with Crippen LogP contribution in [0, 0.1) is 12.0 Å². The molecule has 0 aromatic heterocycles. The average Bonchev–Trinajstić information content (AvgIpc) is 1.41. The minimum absolute atomic E-state index is 1.16. The molecule has 1 N–H and O–H groups in total. The van der Waals surface area contributed by atoms with Crippen LogP contribution >= 0.6 is 0 Å². The van der Waals surface area contributed by atoms with E-state index in [2.05, 4.69) is 5.92 Å². The maximum absolute atomic E-state index is 10.6. The Morgan fingerprint density at radius 1 is 1.80 bits per heavy atom. The third-order valence-corrected chi connectivity index (χ3v) is 0.172. The van der Waals surface area contributed by atoms with E-state index in [9.17, 15) is 4.48 Å². The summed E-state index contributed by atoms with van der Waals surface area (Å²) in [7, 11) is 0. The van der Waals surface area contributed by atoms with E-state index in [4.69, 9.17) is 0 Å². The van der Waals surface area contributed by atoms with E-state index in [1.54, 1.807) is 6.92 Å². The van der Waals surface area contributed by atoms with Crippen molar-refractivity contribution in [2.45, 2.75) is 6.92 Å². The third-order valence-electron chi connectivity index (χ3n) is 0.172. The summed E-state index contributed by atoms with van der Waals surface area (Å²) in [5.74, 6) is 2.28. The predicted molar refractivity (Wildman–Crippen MR) is 17.7 cm³/mol. The van der Waals surface area contributed by atoms with Gasteiger partial charge < -0.3 is 0 Å². The highest BCUT2D eigenvalue weighted by Crippen LogP contribution is 1.42. The van der Waals surface area contributed by atoms with Gasteiger partial charge in [-0.15, -0.1) is 0 Å². The summed E-state index contributed by atoms with van der Waals surface area (Å²) in [4.78, 5) is 0. The lowest BCUT2D eigenvalue weighted by atomic mass is 10.8. The molecule has 0 amide bonds. The van der Waals surface area contributed by atoms with Crippen LogP contribution in [0.3, 0.4) is 0 Å². The third kappa shape index (κ3) is 3.29. The highest BCUT2D eigenvalue weighted by molar-refractivity contribution is 4.88. The first-order valence-electron chi connectivity index (χ1n) is 1.19. The van der Waals surface area contributed by atoms with Crippen LogP contribution in [0.4, 0.5) is 4.48 Å². The van der Waals surface area contributed by atoms with Crippen molar-refractivity contribution in [3.8, 4) is 12.0 Å². The molecule has 0 aromatic rings. The van der Waals surface area contributed by atoms with Crippen molar-refractivity contribution in [2.24, 2.45) is 0 Å². The van der Waals surface area contributed by atoms with Crippen LogP contribution in [0.25, 0.3) is 0 Å². The van der Waals surface area contributed by atoms with Gasteiger partial charge in [-0.3, -0.25) is 0 Å². The second-order valence-electron chi connectivity index (χ2n) is 0.469. The molecule has 0 spiro atoms. The standard InChI is InChI=1S/C3H4FN/c1-2-3-5-4/h5H,1H3. The molecular weight excluding hydrogens is 69.0 g/mol. The largest absolute Gasteiger partial charge is 0.181 e. The van der Waals surface area contributed by atoms with Crippen molar-refractivity contribution in [2.75, 3.05) is 0 Å². The van der Waals surface area contributed by atoms with Crippen LogP contribution in [-0.4, -0.2) is 0 Å². The first kappa shape index (κ1) is 4.29. The lowest BCUT2D eigenvalue weighted by molar-refractivity contribution is 0.421. The maximum atomic E-state index is 10.6. The predicted octanol–water partition coefficient (Wildman–Crippen LogP) is 0.441. The SMILES string of the molecule is CC#CNF. The number of halogens is 1. The molecule has 2 heteroatoms. The van der Waals surface area contributed by atoms with E-state index >= 15 is 0 Å². The van der Waals surface area contributed by atoms with Crippen LogP contribution in [0.1, 0.15) is 6.92 Å². The Kier molecular flexibility index (Phi) is 2.82. The number of rotatable bonds is 0. The fourth-order valence-corrected chi connectivity index (χ4v) is 0.0472. The van der Waals surface area contributed by atoms with Gasteiger partial charge in [0.05, 0.1) is 0 Å². The zero-order valence-corrected chi connectivity index (χ0v) is 2.88. The van der Waals surface area contributed by atoms with E-state index < -0.39 is 0 Å². The zero-order chi connectivity index (χ0) is 4.12. The molecule has 0 aliphatic heterocycles. The summed E-state index contributed by atoms with van der Waals surface area (Å²) in [6.45, 7) is 1.55. The number of hydrogen-bond donors (Lipinski definition) is 1. The Balaban J connectivity index is 2.81. The van der Waals surface area contributed by atoms with Gasteiger partial charge in [0, 0.05) is 6.04 Å². The Hall–Kier alpha value is -0.710. The Morgan fingerprint density at radius 3 is 2.40 bits per heavy atom. The van der Waals surface area contributed by atoms with Gasteiger partial charge in [0.1, 0.15) is 0 Å². The second kappa shape index (κ2) is 3.29. The first-order chi connectivity index (χ1) is 2.41. The van der Waals surface area contributed by atoms with Crippen molar-refractivity contribution in [3.05, 3.63) is 0 Å². The molecule has 0 rings (SSSR count). The van der Waals surface area contributed by atoms with Gasteiger partial charge in [0.15, 0.2) is 0 Å². The molecule has 0 atom stereocenters. The molecule has 0 aliphatic carbocycles. The molecule has 1 nitrogen and oxygen atoms in total. The lowest BCUT2D eigenvalue weighted by Crippen LogP contribution is -1.80. The lowest BCUT2D eigenvalue weighted by Gasteiger charge is -1.61. The molecule has 0 aliphatic rings. The fraction of sp³-hybridized carbons (Fsp3) is 0.333. The summed E-state index contributed by atoms with van der Waals surface area (Å²) in [6, 6.07) is 1.94. The molecule has 0 unspecified atom stereocenters. The quantitative estimate of drug-likeness (QED) is 0.249. The molecule has 0 radical (unpaired) electrons. The van der Waals surface area contributed by atoms with Crippen molar-refractivity contribution in [3.63, 3.8) is 0 Å².